The van der Waals surface area contributed by atoms with Gasteiger partial charge in [0.1, 0.15) is 0 Å². The van der Waals surface area contributed by atoms with Crippen LogP contribution >= 0.6 is 0 Å². The molecular formula is C8H12N2. The standard InChI is InChI=1S/C8H12N2/c1-5(2)8-6-4-7(6)10(3)9-8/h5H,4H2,1-3H3. The van der Waals surface area contributed by atoms with Crippen LogP contribution in [0.25, 0.3) is 0 Å². The quantitative estimate of drug-likeness (QED) is 0.580. The van der Waals surface area contributed by atoms with Gasteiger partial charge in [0.2, 0.25) is 0 Å². The Bertz CT molecular complexity index is 271. The van der Waals surface area contributed by atoms with Gasteiger partial charge in [-0.15, -0.1) is 0 Å². The first-order chi connectivity index (χ1) is 4.70. The zero-order valence-electron chi connectivity index (χ0n) is 6.68. The van der Waals surface area contributed by atoms with Gasteiger partial charge in [-0.3, -0.25) is 4.68 Å². The maximum absolute atomic E-state index is 4.39. The highest BCUT2D eigenvalue weighted by molar-refractivity contribution is 5.45. The van der Waals surface area contributed by atoms with E-state index in [1.807, 2.05) is 11.7 Å². The molecule has 0 radical (unpaired) electrons. The van der Waals surface area contributed by atoms with E-state index in [1.165, 1.54) is 23.4 Å². The van der Waals surface area contributed by atoms with Crippen molar-refractivity contribution in [2.45, 2.75) is 26.2 Å². The zero-order valence-corrected chi connectivity index (χ0v) is 6.68. The second kappa shape index (κ2) is 1.62. The van der Waals surface area contributed by atoms with E-state index in [9.17, 15) is 0 Å². The van der Waals surface area contributed by atoms with E-state index in [2.05, 4.69) is 18.9 Å². The SMILES string of the molecule is CC(C)c1nn(C)c2c1C2. The van der Waals surface area contributed by atoms with Crippen molar-refractivity contribution < 1.29 is 0 Å². The fraction of sp³-hybridized carbons (Fsp3) is 0.625. The highest BCUT2D eigenvalue weighted by atomic mass is 15.3. The minimum atomic E-state index is 0.595. The van der Waals surface area contributed by atoms with Gasteiger partial charge in [-0.25, -0.2) is 0 Å². The molecule has 2 heteroatoms. The molecular weight excluding hydrogens is 124 g/mol. The van der Waals surface area contributed by atoms with E-state index in [1.54, 1.807) is 0 Å². The fourth-order valence-corrected chi connectivity index (χ4v) is 1.42. The highest BCUT2D eigenvalue weighted by Crippen LogP contribution is 2.34. The summed E-state index contributed by atoms with van der Waals surface area (Å²) in [5.74, 6) is 0.595. The molecule has 0 fully saturated rings. The number of aromatic nitrogens is 2. The summed E-state index contributed by atoms with van der Waals surface area (Å²) in [6.07, 6.45) is 1.19. The van der Waals surface area contributed by atoms with Gasteiger partial charge in [-0.1, -0.05) is 13.8 Å². The summed E-state index contributed by atoms with van der Waals surface area (Å²) in [5, 5.41) is 4.39. The lowest BCUT2D eigenvalue weighted by molar-refractivity contribution is 0.687. The number of fused-ring (bicyclic) bond motifs is 1. The van der Waals surface area contributed by atoms with Gasteiger partial charge in [0.25, 0.3) is 0 Å². The fourth-order valence-electron chi connectivity index (χ4n) is 1.42. The molecule has 0 spiro atoms. The largest absolute Gasteiger partial charge is 0.272 e. The Balaban J connectivity index is 2.46. The molecule has 0 N–H and O–H groups in total. The van der Waals surface area contributed by atoms with Crippen LogP contribution in [-0.4, -0.2) is 9.78 Å². The monoisotopic (exact) mass is 136 g/mol. The van der Waals surface area contributed by atoms with Crippen LogP contribution in [0, 0.1) is 0 Å². The molecule has 0 amide bonds. The second-order valence-electron chi connectivity index (χ2n) is 3.27. The van der Waals surface area contributed by atoms with Crippen molar-refractivity contribution in [3.63, 3.8) is 0 Å². The molecule has 1 aliphatic rings. The molecule has 0 aromatic carbocycles. The first-order valence-electron chi connectivity index (χ1n) is 3.74. The highest BCUT2D eigenvalue weighted by Gasteiger charge is 2.28. The van der Waals surface area contributed by atoms with E-state index in [4.69, 9.17) is 0 Å². The van der Waals surface area contributed by atoms with Crippen molar-refractivity contribution in [1.29, 1.82) is 0 Å². The molecule has 2 rings (SSSR count). The zero-order chi connectivity index (χ0) is 7.30. The van der Waals surface area contributed by atoms with Gasteiger partial charge in [0.15, 0.2) is 0 Å². The predicted octanol–water partition coefficient (Wildman–Crippen LogP) is 1.45. The predicted molar refractivity (Wildman–Crippen MR) is 40.1 cm³/mol. The lowest BCUT2D eigenvalue weighted by Gasteiger charge is -1.99. The molecule has 0 bridgehead atoms. The van der Waals surface area contributed by atoms with Gasteiger partial charge >= 0.3 is 0 Å². The van der Waals surface area contributed by atoms with Crippen molar-refractivity contribution in [2.24, 2.45) is 7.05 Å². The maximum atomic E-state index is 4.39. The second-order valence-corrected chi connectivity index (χ2v) is 3.27. The minimum absolute atomic E-state index is 0.595. The molecule has 1 aromatic heterocycles. The number of nitrogens with zero attached hydrogens (tertiary/aromatic N) is 2. The van der Waals surface area contributed by atoms with Crippen LogP contribution in [-0.2, 0) is 13.5 Å². The summed E-state index contributed by atoms with van der Waals surface area (Å²) in [4.78, 5) is 0. The van der Waals surface area contributed by atoms with Gasteiger partial charge < -0.3 is 0 Å². The third kappa shape index (κ3) is 0.618. The Labute approximate surface area is 60.9 Å². The summed E-state index contributed by atoms with van der Waals surface area (Å²) >= 11 is 0. The third-order valence-corrected chi connectivity index (χ3v) is 2.07. The molecule has 0 unspecified atom stereocenters. The molecule has 10 heavy (non-hydrogen) atoms. The van der Waals surface area contributed by atoms with Crippen molar-refractivity contribution in [2.75, 3.05) is 0 Å². The lowest BCUT2D eigenvalue weighted by Crippen LogP contribution is -1.97. The van der Waals surface area contributed by atoms with Crippen LogP contribution in [0.1, 0.15) is 36.7 Å². The van der Waals surface area contributed by atoms with Crippen LogP contribution in [0.2, 0.25) is 0 Å². The Hall–Kier alpha value is -0.790. The Morgan fingerprint density at radius 3 is 2.40 bits per heavy atom. The first-order valence-corrected chi connectivity index (χ1v) is 3.74. The molecule has 0 aliphatic heterocycles. The normalized spacial score (nSPS) is 14.0. The molecule has 1 aromatic rings. The van der Waals surface area contributed by atoms with Crippen LogP contribution < -0.4 is 0 Å². The topological polar surface area (TPSA) is 17.8 Å². The van der Waals surface area contributed by atoms with E-state index >= 15 is 0 Å². The van der Waals surface area contributed by atoms with Gasteiger partial charge in [0.05, 0.1) is 5.69 Å². The number of aryl methyl sites for hydroxylation is 1. The molecule has 0 atom stereocenters. The molecule has 0 saturated heterocycles. The van der Waals surface area contributed by atoms with Crippen molar-refractivity contribution >= 4 is 0 Å². The smallest absolute Gasteiger partial charge is 0.0688 e. The van der Waals surface area contributed by atoms with Crippen molar-refractivity contribution in [3.05, 3.63) is 17.0 Å². The molecule has 2 nitrogen and oxygen atoms in total. The summed E-state index contributed by atoms with van der Waals surface area (Å²) in [7, 11) is 2.03. The van der Waals surface area contributed by atoms with Gasteiger partial charge in [0, 0.05) is 24.7 Å². The molecule has 0 saturated carbocycles. The van der Waals surface area contributed by atoms with Crippen LogP contribution in [0.4, 0.5) is 0 Å². The van der Waals surface area contributed by atoms with Gasteiger partial charge in [-0.2, -0.15) is 5.10 Å². The Morgan fingerprint density at radius 1 is 1.50 bits per heavy atom. The average molecular weight is 136 g/mol. The van der Waals surface area contributed by atoms with Crippen LogP contribution in [0.15, 0.2) is 0 Å². The van der Waals surface area contributed by atoms with Crippen LogP contribution in [0.5, 0.6) is 0 Å². The van der Waals surface area contributed by atoms with E-state index in [-0.39, 0.29) is 0 Å². The summed E-state index contributed by atoms with van der Waals surface area (Å²) in [6.45, 7) is 4.39. The molecule has 1 aliphatic carbocycles. The third-order valence-electron chi connectivity index (χ3n) is 2.07. The molecule has 54 valence electrons. The number of rotatable bonds is 1. The minimum Gasteiger partial charge on any atom is -0.272 e. The maximum Gasteiger partial charge on any atom is 0.0688 e. The van der Waals surface area contributed by atoms with Crippen molar-refractivity contribution in [3.8, 4) is 0 Å². The van der Waals surface area contributed by atoms with Crippen molar-refractivity contribution in [1.82, 2.24) is 9.78 Å². The van der Waals surface area contributed by atoms with E-state index in [0.717, 1.165) is 0 Å². The lowest BCUT2D eigenvalue weighted by atomic mass is 10.1. The summed E-state index contributed by atoms with van der Waals surface area (Å²) in [5.41, 5.74) is 4.23. The number of hydrogen-bond acceptors (Lipinski definition) is 1. The Morgan fingerprint density at radius 2 is 2.20 bits per heavy atom. The summed E-state index contributed by atoms with van der Waals surface area (Å²) in [6, 6.07) is 0. The first kappa shape index (κ1) is 5.96. The molecule has 1 heterocycles. The summed E-state index contributed by atoms with van der Waals surface area (Å²) < 4.78 is 2.00. The number of hydrogen-bond donors (Lipinski definition) is 0. The van der Waals surface area contributed by atoms with Gasteiger partial charge in [-0.05, 0) is 5.92 Å². The van der Waals surface area contributed by atoms with Crippen LogP contribution in [0.3, 0.4) is 0 Å². The van der Waals surface area contributed by atoms with E-state index < -0.39 is 0 Å². The average Bonchev–Trinajstić information content (AvgIpc) is 2.55. The Kier molecular flexibility index (Phi) is 0.967. The van der Waals surface area contributed by atoms with E-state index in [0.29, 0.717) is 5.92 Å².